The number of ether oxygens (including phenoxy) is 1. The average Bonchev–Trinajstić information content (AvgIpc) is 2.66. The molecule has 5 nitrogen and oxygen atoms in total. The van der Waals surface area contributed by atoms with Crippen molar-refractivity contribution in [3.05, 3.63) is 65.7 Å². The van der Waals surface area contributed by atoms with E-state index in [4.69, 9.17) is 4.74 Å². The molecule has 1 aromatic heterocycles. The first-order valence-electron chi connectivity index (χ1n) is 8.91. The summed E-state index contributed by atoms with van der Waals surface area (Å²) in [6, 6.07) is 10.5. The number of pyridine rings is 1. The van der Waals surface area contributed by atoms with Crippen LogP contribution in [0.1, 0.15) is 24.2 Å². The maximum atomic E-state index is 13.2. The fourth-order valence-electron chi connectivity index (χ4n) is 3.18. The lowest BCUT2D eigenvalue weighted by molar-refractivity contribution is -0.0604. The first-order chi connectivity index (χ1) is 12.7. The van der Waals surface area contributed by atoms with Crippen molar-refractivity contribution in [2.24, 2.45) is 4.99 Å². The summed E-state index contributed by atoms with van der Waals surface area (Å²) in [5.74, 6) is 0.624. The molecule has 1 N–H and O–H groups in total. The zero-order valence-corrected chi connectivity index (χ0v) is 15.2. The summed E-state index contributed by atoms with van der Waals surface area (Å²) in [7, 11) is 1.79. The Morgan fingerprint density at radius 3 is 2.81 bits per heavy atom. The fraction of sp³-hybridized carbons (Fsp3) is 0.400. The molecule has 0 amide bonds. The number of morpholine rings is 1. The highest BCUT2D eigenvalue weighted by molar-refractivity contribution is 5.80. The lowest BCUT2D eigenvalue weighted by atomic mass is 10.1. The molecule has 1 fully saturated rings. The van der Waals surface area contributed by atoms with Crippen LogP contribution in [0.25, 0.3) is 0 Å². The molecule has 0 aliphatic carbocycles. The smallest absolute Gasteiger partial charge is 0.193 e. The number of rotatable bonds is 4. The average molecular weight is 356 g/mol. The van der Waals surface area contributed by atoms with E-state index in [1.807, 2.05) is 19.2 Å². The lowest BCUT2D eigenvalue weighted by Gasteiger charge is -2.38. The summed E-state index contributed by atoms with van der Waals surface area (Å²) >= 11 is 0. The van der Waals surface area contributed by atoms with Gasteiger partial charge in [-0.15, -0.1) is 0 Å². The van der Waals surface area contributed by atoms with Gasteiger partial charge in [0.25, 0.3) is 0 Å². The number of benzene rings is 1. The van der Waals surface area contributed by atoms with Gasteiger partial charge in [0.15, 0.2) is 5.96 Å². The van der Waals surface area contributed by atoms with Gasteiger partial charge in [0.05, 0.1) is 12.6 Å². The van der Waals surface area contributed by atoms with Crippen LogP contribution in [-0.2, 0) is 11.2 Å². The van der Waals surface area contributed by atoms with E-state index in [2.05, 4.69) is 26.3 Å². The highest BCUT2D eigenvalue weighted by atomic mass is 19.1. The Balaban J connectivity index is 1.61. The highest BCUT2D eigenvalue weighted by Crippen LogP contribution is 2.25. The number of halogens is 1. The SMILES string of the molecule is CN=C(NCCc1cccnc1)N1CC(C)OC(c2ccc(F)cc2)C1. The van der Waals surface area contributed by atoms with Crippen molar-refractivity contribution in [2.75, 3.05) is 26.7 Å². The number of aromatic nitrogens is 1. The number of hydrogen-bond donors (Lipinski definition) is 1. The summed E-state index contributed by atoms with van der Waals surface area (Å²) < 4.78 is 19.2. The van der Waals surface area contributed by atoms with Gasteiger partial charge in [-0.1, -0.05) is 18.2 Å². The van der Waals surface area contributed by atoms with Crippen LogP contribution >= 0.6 is 0 Å². The van der Waals surface area contributed by atoms with E-state index in [-0.39, 0.29) is 18.0 Å². The minimum atomic E-state index is -0.234. The van der Waals surface area contributed by atoms with Gasteiger partial charge in [0.2, 0.25) is 0 Å². The van der Waals surface area contributed by atoms with E-state index in [0.717, 1.165) is 31.0 Å². The molecular weight excluding hydrogens is 331 g/mol. The summed E-state index contributed by atoms with van der Waals surface area (Å²) in [6.45, 7) is 4.28. The number of nitrogens with one attached hydrogen (secondary N) is 1. The standard InChI is InChI=1S/C20H25FN4O/c1-15-13-25(14-19(26-15)17-5-7-18(21)8-6-17)20(22-2)24-11-9-16-4-3-10-23-12-16/h3-8,10,12,15,19H,9,11,13-14H2,1-2H3,(H,22,24). The Hall–Kier alpha value is -2.47. The Morgan fingerprint density at radius 2 is 2.12 bits per heavy atom. The second-order valence-electron chi connectivity index (χ2n) is 6.48. The number of hydrogen-bond acceptors (Lipinski definition) is 3. The van der Waals surface area contributed by atoms with Crippen LogP contribution in [0.15, 0.2) is 53.8 Å². The van der Waals surface area contributed by atoms with E-state index in [0.29, 0.717) is 6.54 Å². The van der Waals surface area contributed by atoms with Crippen LogP contribution in [0, 0.1) is 5.82 Å². The third-order valence-corrected chi connectivity index (χ3v) is 4.43. The van der Waals surface area contributed by atoms with Crippen LogP contribution in [-0.4, -0.2) is 48.6 Å². The third kappa shape index (κ3) is 4.79. The van der Waals surface area contributed by atoms with Crippen molar-refractivity contribution in [2.45, 2.75) is 25.6 Å². The summed E-state index contributed by atoms with van der Waals surface area (Å²) in [5, 5.41) is 3.42. The fourth-order valence-corrected chi connectivity index (χ4v) is 3.18. The topological polar surface area (TPSA) is 49.8 Å². The zero-order valence-electron chi connectivity index (χ0n) is 15.2. The Labute approximate surface area is 153 Å². The highest BCUT2D eigenvalue weighted by Gasteiger charge is 2.28. The van der Waals surface area contributed by atoms with Crippen molar-refractivity contribution >= 4 is 5.96 Å². The lowest BCUT2D eigenvalue weighted by Crippen LogP contribution is -2.51. The molecule has 0 spiro atoms. The first kappa shape index (κ1) is 18.3. The van der Waals surface area contributed by atoms with Crippen molar-refractivity contribution in [3.63, 3.8) is 0 Å². The molecule has 0 radical (unpaired) electrons. The molecule has 2 atom stereocenters. The van der Waals surface area contributed by atoms with Gasteiger partial charge in [-0.3, -0.25) is 9.98 Å². The van der Waals surface area contributed by atoms with E-state index in [1.54, 1.807) is 25.4 Å². The molecule has 1 saturated heterocycles. The second-order valence-corrected chi connectivity index (χ2v) is 6.48. The van der Waals surface area contributed by atoms with Gasteiger partial charge >= 0.3 is 0 Å². The largest absolute Gasteiger partial charge is 0.367 e. The normalized spacial score (nSPS) is 20.9. The van der Waals surface area contributed by atoms with Crippen LogP contribution in [0.2, 0.25) is 0 Å². The van der Waals surface area contributed by atoms with Crippen LogP contribution in [0.4, 0.5) is 4.39 Å². The summed E-state index contributed by atoms with van der Waals surface area (Å²) in [5.41, 5.74) is 2.17. The quantitative estimate of drug-likeness (QED) is 0.676. The minimum Gasteiger partial charge on any atom is -0.367 e. The Bertz CT molecular complexity index is 720. The van der Waals surface area contributed by atoms with Crippen LogP contribution in [0.5, 0.6) is 0 Å². The summed E-state index contributed by atoms with van der Waals surface area (Å²) in [6.07, 6.45) is 4.51. The van der Waals surface area contributed by atoms with E-state index in [9.17, 15) is 4.39 Å². The van der Waals surface area contributed by atoms with E-state index >= 15 is 0 Å². The Morgan fingerprint density at radius 1 is 1.31 bits per heavy atom. The molecule has 26 heavy (non-hydrogen) atoms. The summed E-state index contributed by atoms with van der Waals surface area (Å²) in [4.78, 5) is 10.8. The predicted octanol–water partition coefficient (Wildman–Crippen LogP) is 2.80. The molecule has 138 valence electrons. The second kappa shape index (κ2) is 8.76. The van der Waals surface area contributed by atoms with Crippen LogP contribution < -0.4 is 5.32 Å². The molecular formula is C20H25FN4O. The van der Waals surface area contributed by atoms with E-state index in [1.165, 1.54) is 17.7 Å². The molecule has 2 unspecified atom stereocenters. The van der Waals surface area contributed by atoms with E-state index < -0.39 is 0 Å². The number of aliphatic imine (C=N–C) groups is 1. The van der Waals surface area contributed by atoms with Gasteiger partial charge in [-0.25, -0.2) is 4.39 Å². The zero-order chi connectivity index (χ0) is 18.4. The monoisotopic (exact) mass is 356 g/mol. The van der Waals surface area contributed by atoms with Gasteiger partial charge in [-0.05, 0) is 42.7 Å². The number of guanidine groups is 1. The van der Waals surface area contributed by atoms with Crippen LogP contribution in [0.3, 0.4) is 0 Å². The van der Waals surface area contributed by atoms with Crippen molar-refractivity contribution in [3.8, 4) is 0 Å². The van der Waals surface area contributed by atoms with Crippen molar-refractivity contribution in [1.29, 1.82) is 0 Å². The number of nitrogens with zero attached hydrogens (tertiary/aromatic N) is 3. The maximum Gasteiger partial charge on any atom is 0.193 e. The third-order valence-electron chi connectivity index (χ3n) is 4.43. The maximum absolute atomic E-state index is 13.2. The first-order valence-corrected chi connectivity index (χ1v) is 8.91. The molecule has 0 saturated carbocycles. The molecule has 1 aromatic carbocycles. The molecule has 6 heteroatoms. The Kier molecular flexibility index (Phi) is 6.17. The molecule has 3 rings (SSSR count). The minimum absolute atomic E-state index is 0.0654. The molecule has 2 aromatic rings. The molecule has 0 bridgehead atoms. The van der Waals surface area contributed by atoms with Crippen molar-refractivity contribution in [1.82, 2.24) is 15.2 Å². The van der Waals surface area contributed by atoms with Gasteiger partial charge < -0.3 is 15.0 Å². The molecule has 1 aliphatic heterocycles. The molecule has 2 heterocycles. The van der Waals surface area contributed by atoms with Gasteiger partial charge in [-0.2, -0.15) is 0 Å². The van der Waals surface area contributed by atoms with Gasteiger partial charge in [0, 0.05) is 32.5 Å². The molecule has 1 aliphatic rings. The van der Waals surface area contributed by atoms with Crippen molar-refractivity contribution < 1.29 is 9.13 Å². The predicted molar refractivity (Wildman–Crippen MR) is 101 cm³/mol. The van der Waals surface area contributed by atoms with Gasteiger partial charge in [0.1, 0.15) is 11.9 Å².